The average Bonchev–Trinajstić information content (AvgIpc) is 3.12. The lowest BCUT2D eigenvalue weighted by Gasteiger charge is -2.11. The van der Waals surface area contributed by atoms with Crippen LogP contribution in [-0.4, -0.2) is 24.3 Å². The molecule has 9 heteroatoms. The number of aromatic nitrogens is 2. The molecule has 0 bridgehead atoms. The minimum absolute atomic E-state index is 0.0906. The first-order valence-electron chi connectivity index (χ1n) is 8.97. The molecular formula is C21H17FN4O3S. The van der Waals surface area contributed by atoms with Crippen molar-refractivity contribution in [3.8, 4) is 0 Å². The van der Waals surface area contributed by atoms with E-state index in [1.54, 1.807) is 19.1 Å². The van der Waals surface area contributed by atoms with E-state index < -0.39 is 21.7 Å². The zero-order valence-corrected chi connectivity index (χ0v) is 16.6. The van der Waals surface area contributed by atoms with E-state index in [-0.39, 0.29) is 22.1 Å². The fourth-order valence-electron chi connectivity index (χ4n) is 2.93. The number of hydrogen-bond donors (Lipinski definition) is 3. The number of imidazole rings is 1. The number of nitrogens with one attached hydrogen (secondary N) is 3. The zero-order chi connectivity index (χ0) is 21.3. The van der Waals surface area contributed by atoms with E-state index in [2.05, 4.69) is 20.0 Å². The summed E-state index contributed by atoms with van der Waals surface area (Å²) in [6, 6.07) is 16.5. The lowest BCUT2D eigenvalue weighted by molar-refractivity contribution is 0.102. The summed E-state index contributed by atoms with van der Waals surface area (Å²) >= 11 is 0. The number of hydrogen-bond acceptors (Lipinski definition) is 4. The molecule has 3 aromatic carbocycles. The summed E-state index contributed by atoms with van der Waals surface area (Å²) in [5.41, 5.74) is 2.47. The van der Waals surface area contributed by atoms with Crippen LogP contribution in [0, 0.1) is 12.7 Å². The third-order valence-corrected chi connectivity index (χ3v) is 5.86. The number of carbonyl (C=O) groups is 1. The number of para-hydroxylation sites is 2. The molecule has 152 valence electrons. The molecule has 0 radical (unpaired) electrons. The number of H-pyrrole nitrogens is 1. The lowest BCUT2D eigenvalue weighted by atomic mass is 10.1. The highest BCUT2D eigenvalue weighted by Crippen LogP contribution is 2.21. The maximum atomic E-state index is 13.0. The van der Waals surface area contributed by atoms with Crippen LogP contribution in [-0.2, 0) is 10.0 Å². The molecule has 0 unspecified atom stereocenters. The summed E-state index contributed by atoms with van der Waals surface area (Å²) in [5.74, 6) is -0.707. The topological polar surface area (TPSA) is 104 Å². The van der Waals surface area contributed by atoms with Gasteiger partial charge in [0.25, 0.3) is 15.9 Å². The number of rotatable bonds is 5. The van der Waals surface area contributed by atoms with E-state index in [9.17, 15) is 17.6 Å². The average molecular weight is 424 g/mol. The van der Waals surface area contributed by atoms with Gasteiger partial charge in [-0.3, -0.25) is 14.8 Å². The van der Waals surface area contributed by atoms with Gasteiger partial charge in [0.05, 0.1) is 15.9 Å². The molecule has 0 aliphatic heterocycles. The first-order chi connectivity index (χ1) is 14.3. The van der Waals surface area contributed by atoms with Crippen LogP contribution < -0.4 is 10.0 Å². The zero-order valence-electron chi connectivity index (χ0n) is 15.8. The summed E-state index contributed by atoms with van der Waals surface area (Å²) in [5, 5.41) is 2.66. The van der Waals surface area contributed by atoms with E-state index >= 15 is 0 Å². The molecule has 0 aliphatic rings. The largest absolute Gasteiger partial charge is 0.324 e. The number of fused-ring (bicyclic) bond motifs is 1. The predicted octanol–water partition coefficient (Wildman–Crippen LogP) is 4.06. The fraction of sp³-hybridized carbons (Fsp3) is 0.0476. The molecule has 1 heterocycles. The number of aryl methyl sites for hydroxylation is 1. The molecule has 0 atom stereocenters. The molecule has 1 aromatic heterocycles. The second-order valence-electron chi connectivity index (χ2n) is 6.65. The minimum atomic E-state index is -3.97. The van der Waals surface area contributed by atoms with E-state index in [1.165, 1.54) is 24.3 Å². The van der Waals surface area contributed by atoms with Crippen molar-refractivity contribution >= 4 is 38.6 Å². The van der Waals surface area contributed by atoms with Crippen LogP contribution in [0.3, 0.4) is 0 Å². The summed E-state index contributed by atoms with van der Waals surface area (Å²) in [6.45, 7) is 1.71. The molecule has 3 N–H and O–H groups in total. The maximum Gasteiger partial charge on any atom is 0.261 e. The van der Waals surface area contributed by atoms with Crippen molar-refractivity contribution in [2.75, 3.05) is 10.0 Å². The molecule has 1 amide bonds. The number of aromatic amines is 1. The van der Waals surface area contributed by atoms with Crippen LogP contribution in [0.25, 0.3) is 11.0 Å². The Labute approximate surface area is 172 Å². The predicted molar refractivity (Wildman–Crippen MR) is 112 cm³/mol. The highest BCUT2D eigenvalue weighted by atomic mass is 32.2. The summed E-state index contributed by atoms with van der Waals surface area (Å²) in [6.07, 6.45) is 0. The third kappa shape index (κ3) is 4.01. The normalized spacial score (nSPS) is 11.4. The van der Waals surface area contributed by atoms with Gasteiger partial charge in [-0.2, -0.15) is 0 Å². The van der Waals surface area contributed by atoms with Gasteiger partial charge in [0, 0.05) is 11.3 Å². The van der Waals surface area contributed by atoms with Crippen LogP contribution in [0.1, 0.15) is 15.9 Å². The number of halogens is 1. The number of sulfonamides is 1. The Balaban J connectivity index is 1.60. The Morgan fingerprint density at radius 2 is 1.77 bits per heavy atom. The molecule has 7 nitrogen and oxygen atoms in total. The van der Waals surface area contributed by atoms with E-state index in [1.807, 2.05) is 18.2 Å². The second-order valence-corrected chi connectivity index (χ2v) is 8.33. The van der Waals surface area contributed by atoms with Gasteiger partial charge in [0.2, 0.25) is 5.95 Å². The Morgan fingerprint density at radius 1 is 1.03 bits per heavy atom. The highest BCUT2D eigenvalue weighted by molar-refractivity contribution is 7.92. The molecule has 0 saturated carbocycles. The van der Waals surface area contributed by atoms with Crippen molar-refractivity contribution in [2.45, 2.75) is 11.8 Å². The van der Waals surface area contributed by atoms with Crippen molar-refractivity contribution < 1.29 is 17.6 Å². The molecule has 0 fully saturated rings. The van der Waals surface area contributed by atoms with Crippen molar-refractivity contribution in [3.63, 3.8) is 0 Å². The summed E-state index contributed by atoms with van der Waals surface area (Å²) in [4.78, 5) is 20.0. The SMILES string of the molecule is Cc1ccc(S(=O)(=O)Nc2ccc(F)cc2)cc1C(=O)Nc1nc2ccccc2[nH]1. The summed E-state index contributed by atoms with van der Waals surface area (Å²) < 4.78 is 40.8. The van der Waals surface area contributed by atoms with Gasteiger partial charge in [-0.1, -0.05) is 18.2 Å². The van der Waals surface area contributed by atoms with Crippen LogP contribution >= 0.6 is 0 Å². The molecule has 0 saturated heterocycles. The maximum absolute atomic E-state index is 13.0. The van der Waals surface area contributed by atoms with Gasteiger partial charge in [-0.15, -0.1) is 0 Å². The van der Waals surface area contributed by atoms with Gasteiger partial charge >= 0.3 is 0 Å². The fourth-order valence-corrected chi connectivity index (χ4v) is 4.02. The van der Waals surface area contributed by atoms with Gasteiger partial charge in [0.15, 0.2) is 0 Å². The first-order valence-corrected chi connectivity index (χ1v) is 10.5. The van der Waals surface area contributed by atoms with Crippen molar-refractivity contribution in [3.05, 3.63) is 83.7 Å². The highest BCUT2D eigenvalue weighted by Gasteiger charge is 2.19. The van der Waals surface area contributed by atoms with Crippen LogP contribution in [0.15, 0.2) is 71.6 Å². The monoisotopic (exact) mass is 424 g/mol. The van der Waals surface area contributed by atoms with Crippen LogP contribution in [0.2, 0.25) is 0 Å². The van der Waals surface area contributed by atoms with Gasteiger partial charge in [0.1, 0.15) is 5.82 Å². The van der Waals surface area contributed by atoms with Crippen LogP contribution in [0.5, 0.6) is 0 Å². The quantitative estimate of drug-likeness (QED) is 0.449. The number of nitrogens with zero attached hydrogens (tertiary/aromatic N) is 1. The number of amides is 1. The lowest BCUT2D eigenvalue weighted by Crippen LogP contribution is -2.17. The van der Waals surface area contributed by atoms with Gasteiger partial charge in [-0.25, -0.2) is 17.8 Å². The Bertz CT molecular complexity index is 1320. The number of benzene rings is 3. The molecule has 4 aromatic rings. The molecule has 30 heavy (non-hydrogen) atoms. The van der Waals surface area contributed by atoms with Crippen molar-refractivity contribution in [1.82, 2.24) is 9.97 Å². The Morgan fingerprint density at radius 3 is 2.50 bits per heavy atom. The van der Waals surface area contributed by atoms with Crippen molar-refractivity contribution in [2.24, 2.45) is 0 Å². The Kier molecular flexibility index (Phi) is 4.96. The third-order valence-electron chi connectivity index (χ3n) is 4.48. The van der Waals surface area contributed by atoms with Gasteiger partial charge in [-0.05, 0) is 61.0 Å². The Hall–Kier alpha value is -3.72. The second kappa shape index (κ2) is 7.60. The molecule has 0 spiro atoms. The minimum Gasteiger partial charge on any atom is -0.324 e. The van der Waals surface area contributed by atoms with E-state index in [0.717, 1.165) is 17.6 Å². The smallest absolute Gasteiger partial charge is 0.261 e. The molecule has 4 rings (SSSR count). The van der Waals surface area contributed by atoms with E-state index in [4.69, 9.17) is 0 Å². The number of anilines is 2. The van der Waals surface area contributed by atoms with Crippen molar-refractivity contribution in [1.29, 1.82) is 0 Å². The number of carbonyl (C=O) groups excluding carboxylic acids is 1. The van der Waals surface area contributed by atoms with E-state index in [0.29, 0.717) is 11.1 Å². The summed E-state index contributed by atoms with van der Waals surface area (Å²) in [7, 11) is -3.97. The van der Waals surface area contributed by atoms with Gasteiger partial charge < -0.3 is 4.98 Å². The molecular weight excluding hydrogens is 407 g/mol. The molecule has 0 aliphatic carbocycles. The first kappa shape index (κ1) is 19.6. The van der Waals surface area contributed by atoms with Crippen LogP contribution in [0.4, 0.5) is 16.0 Å². The standard InChI is InChI=1S/C21H17FN4O3S/c1-13-6-11-16(30(28,29)26-15-9-7-14(22)8-10-15)12-17(13)20(27)25-21-23-18-4-2-3-5-19(18)24-21/h2-12,26H,1H3,(H2,23,24,25,27).